The average molecular weight is 277 g/mol. The van der Waals surface area contributed by atoms with Crippen molar-refractivity contribution in [3.05, 3.63) is 53.2 Å². The summed E-state index contributed by atoms with van der Waals surface area (Å²) in [4.78, 5) is 15.6. The van der Waals surface area contributed by atoms with E-state index in [4.69, 9.17) is 16.3 Å². The Balaban J connectivity index is 2.08. The van der Waals surface area contributed by atoms with Crippen LogP contribution in [0.4, 0.5) is 11.5 Å². The number of carbonyl (C=O) groups excluding carboxylic acids is 1. The molecular formula is C14H13ClN2O2. The van der Waals surface area contributed by atoms with Crippen molar-refractivity contribution in [2.45, 2.75) is 6.92 Å². The molecule has 0 radical (unpaired) electrons. The van der Waals surface area contributed by atoms with Crippen LogP contribution >= 0.6 is 11.6 Å². The van der Waals surface area contributed by atoms with Gasteiger partial charge in [0.15, 0.2) is 0 Å². The smallest absolute Gasteiger partial charge is 0.339 e. The number of pyridine rings is 1. The predicted octanol–water partition coefficient (Wildman–Crippen LogP) is 3.66. The van der Waals surface area contributed by atoms with Gasteiger partial charge < -0.3 is 10.1 Å². The quantitative estimate of drug-likeness (QED) is 0.866. The molecule has 0 unspecified atom stereocenters. The van der Waals surface area contributed by atoms with Crippen molar-refractivity contribution >= 4 is 29.1 Å². The monoisotopic (exact) mass is 276 g/mol. The molecule has 1 aromatic heterocycles. The topological polar surface area (TPSA) is 51.2 Å². The molecule has 1 aromatic carbocycles. The summed E-state index contributed by atoms with van der Waals surface area (Å²) in [6.07, 6.45) is 1.48. The van der Waals surface area contributed by atoms with Crippen LogP contribution in [0.1, 0.15) is 17.3 Å². The largest absolute Gasteiger partial charge is 0.462 e. The fourth-order valence-electron chi connectivity index (χ4n) is 1.52. The van der Waals surface area contributed by atoms with Gasteiger partial charge in [0.05, 0.1) is 12.2 Å². The second-order valence-corrected chi connectivity index (χ2v) is 4.22. The Morgan fingerprint density at radius 1 is 1.37 bits per heavy atom. The van der Waals surface area contributed by atoms with E-state index in [1.165, 1.54) is 6.20 Å². The first-order chi connectivity index (χ1) is 9.19. The number of anilines is 2. The molecule has 0 aliphatic carbocycles. The maximum atomic E-state index is 11.5. The maximum absolute atomic E-state index is 11.5. The molecule has 2 aromatic rings. The SMILES string of the molecule is CCOC(=O)c1ccc(Nc2cccc(Cl)c2)nc1. The second kappa shape index (κ2) is 6.20. The summed E-state index contributed by atoms with van der Waals surface area (Å²) in [5.74, 6) is 0.264. The lowest BCUT2D eigenvalue weighted by Crippen LogP contribution is -2.05. The van der Waals surface area contributed by atoms with E-state index in [1.54, 1.807) is 31.2 Å². The number of carbonyl (C=O) groups is 1. The van der Waals surface area contributed by atoms with Crippen molar-refractivity contribution in [1.82, 2.24) is 4.98 Å². The average Bonchev–Trinajstić information content (AvgIpc) is 2.40. The van der Waals surface area contributed by atoms with Crippen LogP contribution in [0, 0.1) is 0 Å². The van der Waals surface area contributed by atoms with Gasteiger partial charge in [0.1, 0.15) is 5.82 Å². The summed E-state index contributed by atoms with van der Waals surface area (Å²) in [5.41, 5.74) is 1.27. The van der Waals surface area contributed by atoms with Crippen molar-refractivity contribution in [2.75, 3.05) is 11.9 Å². The first-order valence-corrected chi connectivity index (χ1v) is 6.22. The maximum Gasteiger partial charge on any atom is 0.339 e. The molecule has 0 spiro atoms. The number of benzene rings is 1. The molecule has 5 heteroatoms. The van der Waals surface area contributed by atoms with Crippen molar-refractivity contribution in [3.8, 4) is 0 Å². The van der Waals surface area contributed by atoms with Gasteiger partial charge in [-0.2, -0.15) is 0 Å². The van der Waals surface area contributed by atoms with Gasteiger partial charge in [-0.25, -0.2) is 9.78 Å². The van der Waals surface area contributed by atoms with Crippen LogP contribution in [-0.2, 0) is 4.74 Å². The van der Waals surface area contributed by atoms with Crippen LogP contribution < -0.4 is 5.32 Å². The van der Waals surface area contributed by atoms with E-state index in [9.17, 15) is 4.79 Å². The third-order valence-corrected chi connectivity index (χ3v) is 2.61. The Morgan fingerprint density at radius 2 is 2.21 bits per heavy atom. The zero-order chi connectivity index (χ0) is 13.7. The molecule has 0 fully saturated rings. The zero-order valence-corrected chi connectivity index (χ0v) is 11.1. The molecule has 0 saturated heterocycles. The lowest BCUT2D eigenvalue weighted by molar-refractivity contribution is 0.0526. The summed E-state index contributed by atoms with van der Waals surface area (Å²) >= 11 is 5.89. The van der Waals surface area contributed by atoms with E-state index in [2.05, 4.69) is 10.3 Å². The van der Waals surface area contributed by atoms with Crippen molar-refractivity contribution in [2.24, 2.45) is 0 Å². The molecule has 4 nitrogen and oxygen atoms in total. The molecule has 0 aliphatic rings. The summed E-state index contributed by atoms with van der Waals surface area (Å²) in [6.45, 7) is 2.11. The van der Waals surface area contributed by atoms with Gasteiger partial charge in [-0.1, -0.05) is 17.7 Å². The second-order valence-electron chi connectivity index (χ2n) is 3.79. The number of aromatic nitrogens is 1. The van der Waals surface area contributed by atoms with Crippen LogP contribution in [0.15, 0.2) is 42.6 Å². The van der Waals surface area contributed by atoms with E-state index in [0.717, 1.165) is 5.69 Å². The molecule has 19 heavy (non-hydrogen) atoms. The number of nitrogens with one attached hydrogen (secondary N) is 1. The summed E-state index contributed by atoms with van der Waals surface area (Å²) in [5, 5.41) is 3.74. The molecular weight excluding hydrogens is 264 g/mol. The van der Waals surface area contributed by atoms with E-state index >= 15 is 0 Å². The highest BCUT2D eigenvalue weighted by molar-refractivity contribution is 6.30. The number of esters is 1. The van der Waals surface area contributed by atoms with E-state index in [0.29, 0.717) is 23.0 Å². The van der Waals surface area contributed by atoms with Crippen molar-refractivity contribution in [1.29, 1.82) is 0 Å². The van der Waals surface area contributed by atoms with Crippen molar-refractivity contribution < 1.29 is 9.53 Å². The third kappa shape index (κ3) is 3.69. The number of ether oxygens (including phenoxy) is 1. The number of hydrogen-bond donors (Lipinski definition) is 1. The summed E-state index contributed by atoms with van der Waals surface area (Å²) in [7, 11) is 0. The Kier molecular flexibility index (Phi) is 4.36. The number of rotatable bonds is 4. The highest BCUT2D eigenvalue weighted by Gasteiger charge is 2.06. The molecule has 0 amide bonds. The zero-order valence-electron chi connectivity index (χ0n) is 10.4. The standard InChI is InChI=1S/C14H13ClN2O2/c1-2-19-14(18)10-6-7-13(16-9-10)17-12-5-3-4-11(15)8-12/h3-9H,2H2,1H3,(H,16,17). The van der Waals surface area contributed by atoms with E-state index < -0.39 is 0 Å². The lowest BCUT2D eigenvalue weighted by atomic mass is 10.3. The van der Waals surface area contributed by atoms with Crippen LogP contribution in [-0.4, -0.2) is 17.6 Å². The molecule has 0 bridgehead atoms. The summed E-state index contributed by atoms with van der Waals surface area (Å²) in [6, 6.07) is 10.7. The fraction of sp³-hybridized carbons (Fsp3) is 0.143. The molecule has 98 valence electrons. The number of halogens is 1. The van der Waals surface area contributed by atoms with Crippen LogP contribution in [0.2, 0.25) is 5.02 Å². The minimum Gasteiger partial charge on any atom is -0.462 e. The van der Waals surface area contributed by atoms with Gasteiger partial charge >= 0.3 is 5.97 Å². The predicted molar refractivity (Wildman–Crippen MR) is 74.9 cm³/mol. The van der Waals surface area contributed by atoms with Gasteiger partial charge in [0.2, 0.25) is 0 Å². The van der Waals surface area contributed by atoms with Crippen LogP contribution in [0.25, 0.3) is 0 Å². The van der Waals surface area contributed by atoms with Crippen LogP contribution in [0.5, 0.6) is 0 Å². The van der Waals surface area contributed by atoms with E-state index in [1.807, 2.05) is 12.1 Å². The Bertz CT molecular complexity index is 570. The highest BCUT2D eigenvalue weighted by atomic mass is 35.5. The first kappa shape index (κ1) is 13.4. The van der Waals surface area contributed by atoms with Crippen LogP contribution in [0.3, 0.4) is 0 Å². The number of nitrogens with zero attached hydrogens (tertiary/aromatic N) is 1. The lowest BCUT2D eigenvalue weighted by Gasteiger charge is -2.06. The Labute approximate surface area is 116 Å². The first-order valence-electron chi connectivity index (χ1n) is 5.85. The minimum atomic E-state index is -0.371. The van der Waals surface area contributed by atoms with Gasteiger partial charge in [-0.3, -0.25) is 0 Å². The molecule has 1 N–H and O–H groups in total. The van der Waals surface area contributed by atoms with Gasteiger partial charge in [0.25, 0.3) is 0 Å². The molecule has 0 saturated carbocycles. The third-order valence-electron chi connectivity index (χ3n) is 2.37. The molecule has 2 rings (SSSR count). The van der Waals surface area contributed by atoms with Gasteiger partial charge in [-0.05, 0) is 37.3 Å². The molecule has 1 heterocycles. The highest BCUT2D eigenvalue weighted by Crippen LogP contribution is 2.18. The molecule has 0 atom stereocenters. The van der Waals surface area contributed by atoms with Gasteiger partial charge in [-0.15, -0.1) is 0 Å². The minimum absolute atomic E-state index is 0.349. The van der Waals surface area contributed by atoms with Crippen molar-refractivity contribution in [3.63, 3.8) is 0 Å². The molecule has 0 aliphatic heterocycles. The fourth-order valence-corrected chi connectivity index (χ4v) is 1.71. The van der Waals surface area contributed by atoms with Gasteiger partial charge in [0, 0.05) is 16.9 Å². The van der Waals surface area contributed by atoms with E-state index in [-0.39, 0.29) is 5.97 Å². The Hall–Kier alpha value is -2.07. The Morgan fingerprint density at radius 3 is 2.84 bits per heavy atom. The normalized spacial score (nSPS) is 10.0. The summed E-state index contributed by atoms with van der Waals surface area (Å²) < 4.78 is 4.89. The number of hydrogen-bond acceptors (Lipinski definition) is 4.